The molecule has 19 heavy (non-hydrogen) atoms. The monoisotopic (exact) mass is 279 g/mol. The number of nitrogens with zero attached hydrogens (tertiary/aromatic N) is 2. The number of alkyl halides is 1. The van der Waals surface area contributed by atoms with E-state index in [-0.39, 0.29) is 13.0 Å². The highest BCUT2D eigenvalue weighted by Gasteiger charge is 2.19. The number of hydrogen-bond donors (Lipinski definition) is 1. The fraction of sp³-hybridized carbons (Fsp3) is 0.308. The van der Waals surface area contributed by atoms with Crippen LogP contribution in [0.3, 0.4) is 0 Å². The Bertz CT molecular complexity index is 482. The summed E-state index contributed by atoms with van der Waals surface area (Å²) in [7, 11) is 0. The molecule has 0 aliphatic heterocycles. The van der Waals surface area contributed by atoms with Crippen molar-refractivity contribution in [1.29, 1.82) is 5.26 Å². The zero-order valence-electron chi connectivity index (χ0n) is 10.5. The molecule has 100 valence electrons. The summed E-state index contributed by atoms with van der Waals surface area (Å²) in [6, 6.07) is 10.2. The number of nitrogens with one attached hydrogen (secondary N) is 1. The zero-order valence-corrected chi connectivity index (χ0v) is 11.2. The molecule has 1 unspecified atom stereocenters. The van der Waals surface area contributed by atoms with Gasteiger partial charge in [0.1, 0.15) is 5.38 Å². The van der Waals surface area contributed by atoms with E-state index in [1.807, 2.05) is 12.1 Å². The van der Waals surface area contributed by atoms with E-state index in [0.29, 0.717) is 5.69 Å². The first kappa shape index (κ1) is 15.0. The van der Waals surface area contributed by atoms with Crippen LogP contribution in [0.15, 0.2) is 30.3 Å². The van der Waals surface area contributed by atoms with Gasteiger partial charge in [0, 0.05) is 12.2 Å². The predicted molar refractivity (Wildman–Crippen MR) is 72.9 cm³/mol. The van der Waals surface area contributed by atoms with Crippen LogP contribution >= 0.6 is 11.6 Å². The molecule has 0 fully saturated rings. The van der Waals surface area contributed by atoms with E-state index in [2.05, 4.69) is 5.32 Å². The molecule has 6 heteroatoms. The number of rotatable bonds is 4. The molecule has 0 aromatic heterocycles. The lowest BCUT2D eigenvalue weighted by molar-refractivity contribution is -0.119. The number of imide groups is 1. The Labute approximate surface area is 116 Å². The molecule has 0 spiro atoms. The van der Waals surface area contributed by atoms with Crippen LogP contribution in [0.1, 0.15) is 13.3 Å². The van der Waals surface area contributed by atoms with E-state index in [0.717, 1.165) is 0 Å². The molecule has 0 radical (unpaired) electrons. The molecule has 5 nitrogen and oxygen atoms in total. The molecule has 0 aliphatic rings. The van der Waals surface area contributed by atoms with Crippen LogP contribution in [0.5, 0.6) is 0 Å². The van der Waals surface area contributed by atoms with Crippen LogP contribution in [0.25, 0.3) is 0 Å². The van der Waals surface area contributed by atoms with Crippen molar-refractivity contribution in [2.75, 3.05) is 11.4 Å². The molecule has 0 saturated heterocycles. The van der Waals surface area contributed by atoms with Crippen molar-refractivity contribution in [1.82, 2.24) is 5.32 Å². The molecular formula is C13H14ClN3O2. The Morgan fingerprint density at radius 2 is 2.05 bits per heavy atom. The lowest BCUT2D eigenvalue weighted by atomic mass is 10.3. The van der Waals surface area contributed by atoms with Crippen molar-refractivity contribution < 1.29 is 9.59 Å². The maximum absolute atomic E-state index is 12.0. The number of carbonyl (C=O) groups is 2. The molecule has 3 amide bonds. The van der Waals surface area contributed by atoms with Gasteiger partial charge < -0.3 is 0 Å². The lowest BCUT2D eigenvalue weighted by Gasteiger charge is -2.21. The summed E-state index contributed by atoms with van der Waals surface area (Å²) in [5, 5.41) is 10.0. The molecule has 0 heterocycles. The van der Waals surface area contributed by atoms with E-state index < -0.39 is 17.3 Å². The van der Waals surface area contributed by atoms with Crippen LogP contribution < -0.4 is 10.2 Å². The fourth-order valence-electron chi connectivity index (χ4n) is 1.39. The number of para-hydroxylation sites is 1. The number of anilines is 1. The van der Waals surface area contributed by atoms with E-state index in [1.54, 1.807) is 24.3 Å². The average Bonchev–Trinajstić information content (AvgIpc) is 2.40. The summed E-state index contributed by atoms with van der Waals surface area (Å²) < 4.78 is 0. The van der Waals surface area contributed by atoms with Gasteiger partial charge in [-0.05, 0) is 19.1 Å². The molecule has 0 bridgehead atoms. The lowest BCUT2D eigenvalue weighted by Crippen LogP contribution is -2.45. The van der Waals surface area contributed by atoms with Gasteiger partial charge in [0.25, 0.3) is 0 Å². The Kier molecular flexibility index (Phi) is 5.83. The molecule has 1 rings (SSSR count). The maximum Gasteiger partial charge on any atom is 0.328 e. The number of hydrogen-bond acceptors (Lipinski definition) is 3. The number of urea groups is 1. The van der Waals surface area contributed by atoms with Gasteiger partial charge in [-0.3, -0.25) is 15.0 Å². The van der Waals surface area contributed by atoms with E-state index in [4.69, 9.17) is 16.9 Å². The third kappa shape index (κ3) is 4.60. The first-order valence-electron chi connectivity index (χ1n) is 5.74. The van der Waals surface area contributed by atoms with Gasteiger partial charge in [0.05, 0.1) is 12.5 Å². The topological polar surface area (TPSA) is 73.2 Å². The highest BCUT2D eigenvalue weighted by atomic mass is 35.5. The van der Waals surface area contributed by atoms with Gasteiger partial charge in [-0.1, -0.05) is 18.2 Å². The van der Waals surface area contributed by atoms with Crippen LogP contribution in [0.2, 0.25) is 0 Å². The number of halogens is 1. The minimum Gasteiger partial charge on any atom is -0.293 e. The molecule has 0 saturated carbocycles. The van der Waals surface area contributed by atoms with Crippen molar-refractivity contribution >= 4 is 29.2 Å². The van der Waals surface area contributed by atoms with Crippen molar-refractivity contribution in [3.8, 4) is 6.07 Å². The quantitative estimate of drug-likeness (QED) is 0.859. The Hall–Kier alpha value is -2.06. The molecule has 1 aromatic carbocycles. The number of benzene rings is 1. The normalized spacial score (nSPS) is 11.2. The smallest absolute Gasteiger partial charge is 0.293 e. The van der Waals surface area contributed by atoms with Gasteiger partial charge in [0.15, 0.2) is 0 Å². The van der Waals surface area contributed by atoms with Crippen molar-refractivity contribution in [2.45, 2.75) is 18.7 Å². The SMILES string of the molecule is CC(Cl)C(=O)NC(=O)N(CCC#N)c1ccccc1. The van der Waals surface area contributed by atoms with Gasteiger partial charge in [-0.15, -0.1) is 11.6 Å². The second-order valence-electron chi connectivity index (χ2n) is 3.81. The van der Waals surface area contributed by atoms with Crippen molar-refractivity contribution in [3.63, 3.8) is 0 Å². The maximum atomic E-state index is 12.0. The minimum absolute atomic E-state index is 0.174. The van der Waals surface area contributed by atoms with Crippen molar-refractivity contribution in [2.24, 2.45) is 0 Å². The van der Waals surface area contributed by atoms with Crippen LogP contribution in [-0.4, -0.2) is 23.9 Å². The molecule has 1 aromatic rings. The Balaban J connectivity index is 2.83. The third-order valence-electron chi connectivity index (χ3n) is 2.35. The summed E-state index contributed by atoms with van der Waals surface area (Å²) in [6.07, 6.45) is 0.174. The van der Waals surface area contributed by atoms with Crippen molar-refractivity contribution in [3.05, 3.63) is 30.3 Å². The average molecular weight is 280 g/mol. The van der Waals surface area contributed by atoms with Gasteiger partial charge in [0.2, 0.25) is 5.91 Å². The molecular weight excluding hydrogens is 266 g/mol. The first-order valence-corrected chi connectivity index (χ1v) is 6.18. The summed E-state index contributed by atoms with van der Waals surface area (Å²) in [4.78, 5) is 24.7. The molecule has 0 aliphatic carbocycles. The second kappa shape index (κ2) is 7.39. The molecule has 1 N–H and O–H groups in total. The Morgan fingerprint density at radius 1 is 1.42 bits per heavy atom. The molecule has 1 atom stereocenters. The van der Waals surface area contributed by atoms with Gasteiger partial charge in [-0.2, -0.15) is 5.26 Å². The first-order chi connectivity index (χ1) is 9.06. The third-order valence-corrected chi connectivity index (χ3v) is 2.55. The second-order valence-corrected chi connectivity index (χ2v) is 4.46. The highest BCUT2D eigenvalue weighted by Crippen LogP contribution is 2.13. The van der Waals surface area contributed by atoms with Crippen LogP contribution in [0, 0.1) is 11.3 Å². The standard InChI is InChI=1S/C13H14ClN3O2/c1-10(14)12(18)16-13(19)17(9-5-8-15)11-6-3-2-4-7-11/h2-4,6-7,10H,5,9H2,1H3,(H,16,18,19). The number of nitriles is 1. The van der Waals surface area contributed by atoms with Gasteiger partial charge in [-0.25, -0.2) is 4.79 Å². The summed E-state index contributed by atoms with van der Waals surface area (Å²) >= 11 is 5.59. The van der Waals surface area contributed by atoms with E-state index in [9.17, 15) is 9.59 Å². The fourth-order valence-corrected chi connectivity index (χ4v) is 1.44. The van der Waals surface area contributed by atoms with Crippen LogP contribution in [0.4, 0.5) is 10.5 Å². The van der Waals surface area contributed by atoms with Gasteiger partial charge >= 0.3 is 6.03 Å². The highest BCUT2D eigenvalue weighted by molar-refractivity contribution is 6.31. The van der Waals surface area contributed by atoms with E-state index in [1.165, 1.54) is 11.8 Å². The number of carbonyl (C=O) groups excluding carboxylic acids is 2. The summed E-state index contributed by atoms with van der Waals surface area (Å²) in [6.45, 7) is 1.68. The van der Waals surface area contributed by atoms with E-state index >= 15 is 0 Å². The largest absolute Gasteiger partial charge is 0.328 e. The summed E-state index contributed by atoms with van der Waals surface area (Å²) in [5.41, 5.74) is 0.616. The zero-order chi connectivity index (χ0) is 14.3. The summed E-state index contributed by atoms with van der Waals surface area (Å²) in [5.74, 6) is -0.565. The van der Waals surface area contributed by atoms with Crippen LogP contribution in [-0.2, 0) is 4.79 Å². The predicted octanol–water partition coefficient (Wildman–Crippen LogP) is 2.27. The number of amides is 3. The Morgan fingerprint density at radius 3 is 2.58 bits per heavy atom. The minimum atomic E-state index is -0.794.